The minimum Gasteiger partial charge on any atom is -0.486 e. The van der Waals surface area contributed by atoms with Crippen molar-refractivity contribution in [2.24, 2.45) is 0 Å². The summed E-state index contributed by atoms with van der Waals surface area (Å²) in [5.41, 5.74) is 0.780. The standard InChI is InChI=1S/C15H17F2N3O3/c16-15(17)20-7-5-18-13(20)10-23-12-3-1-11(2-4-12)9-14(22)19-6-8-21/h1-5,7,15,21H,6,8-10H2,(H,19,22). The molecule has 2 N–H and O–H groups in total. The SMILES string of the molecule is O=C(Cc1ccc(OCc2nccn2C(F)F)cc1)NCCO. The van der Waals surface area contributed by atoms with E-state index in [-0.39, 0.29) is 37.9 Å². The third-order valence-corrected chi connectivity index (χ3v) is 3.05. The van der Waals surface area contributed by atoms with Crippen molar-refractivity contribution in [3.05, 3.63) is 48.0 Å². The van der Waals surface area contributed by atoms with Crippen LogP contribution in [0.15, 0.2) is 36.7 Å². The molecule has 0 saturated carbocycles. The van der Waals surface area contributed by atoms with E-state index in [1.807, 2.05) is 0 Å². The topological polar surface area (TPSA) is 76.4 Å². The number of halogens is 2. The van der Waals surface area contributed by atoms with E-state index in [1.54, 1.807) is 24.3 Å². The second kappa shape index (κ2) is 8.23. The molecule has 124 valence electrons. The Labute approximate surface area is 131 Å². The summed E-state index contributed by atoms with van der Waals surface area (Å²) in [4.78, 5) is 15.3. The Morgan fingerprint density at radius 1 is 1.35 bits per heavy atom. The van der Waals surface area contributed by atoms with E-state index in [1.165, 1.54) is 12.4 Å². The van der Waals surface area contributed by atoms with Gasteiger partial charge in [0.15, 0.2) is 5.82 Å². The summed E-state index contributed by atoms with van der Waals surface area (Å²) in [6, 6.07) is 6.75. The van der Waals surface area contributed by atoms with Crippen molar-refractivity contribution >= 4 is 5.91 Å². The monoisotopic (exact) mass is 325 g/mol. The number of aliphatic hydroxyl groups excluding tert-OH is 1. The van der Waals surface area contributed by atoms with Gasteiger partial charge in [0.2, 0.25) is 5.91 Å². The molecule has 0 radical (unpaired) electrons. The molecule has 6 nitrogen and oxygen atoms in total. The number of amides is 1. The first-order chi connectivity index (χ1) is 11.1. The molecule has 23 heavy (non-hydrogen) atoms. The van der Waals surface area contributed by atoms with Crippen molar-refractivity contribution in [2.75, 3.05) is 13.2 Å². The maximum absolute atomic E-state index is 12.7. The third-order valence-electron chi connectivity index (χ3n) is 3.05. The molecule has 0 bridgehead atoms. The van der Waals surface area contributed by atoms with Crippen LogP contribution < -0.4 is 10.1 Å². The molecule has 2 rings (SSSR count). The van der Waals surface area contributed by atoms with E-state index in [0.29, 0.717) is 5.75 Å². The predicted molar refractivity (Wildman–Crippen MR) is 78.1 cm³/mol. The zero-order valence-electron chi connectivity index (χ0n) is 12.3. The van der Waals surface area contributed by atoms with Gasteiger partial charge in [-0.15, -0.1) is 0 Å². The number of alkyl halides is 2. The summed E-state index contributed by atoms with van der Waals surface area (Å²) in [7, 11) is 0. The van der Waals surface area contributed by atoms with Gasteiger partial charge in [0.1, 0.15) is 12.4 Å². The molecule has 1 aromatic carbocycles. The van der Waals surface area contributed by atoms with Crippen LogP contribution in [-0.4, -0.2) is 33.7 Å². The molecule has 2 aromatic rings. The third kappa shape index (κ3) is 5.03. The van der Waals surface area contributed by atoms with Gasteiger partial charge in [0, 0.05) is 18.9 Å². The number of carbonyl (C=O) groups excluding carboxylic acids is 1. The molecule has 0 saturated heterocycles. The Balaban J connectivity index is 1.87. The quantitative estimate of drug-likeness (QED) is 0.771. The molecule has 8 heteroatoms. The van der Waals surface area contributed by atoms with Gasteiger partial charge in [-0.05, 0) is 17.7 Å². The molecule has 0 spiro atoms. The molecule has 0 aliphatic carbocycles. The fourth-order valence-corrected chi connectivity index (χ4v) is 1.93. The zero-order chi connectivity index (χ0) is 16.7. The average molecular weight is 325 g/mol. The highest BCUT2D eigenvalue weighted by Gasteiger charge is 2.11. The van der Waals surface area contributed by atoms with Crippen LogP contribution in [0.4, 0.5) is 8.78 Å². The number of aromatic nitrogens is 2. The van der Waals surface area contributed by atoms with Gasteiger partial charge < -0.3 is 15.2 Å². The average Bonchev–Trinajstić information content (AvgIpc) is 3.01. The van der Waals surface area contributed by atoms with Crippen LogP contribution in [-0.2, 0) is 17.8 Å². The van der Waals surface area contributed by atoms with Crippen LogP contribution in [0.2, 0.25) is 0 Å². The van der Waals surface area contributed by atoms with Crippen molar-refractivity contribution < 1.29 is 23.4 Å². The smallest absolute Gasteiger partial charge is 0.320 e. The Morgan fingerprint density at radius 3 is 2.74 bits per heavy atom. The summed E-state index contributed by atoms with van der Waals surface area (Å²) >= 11 is 0. The molecule has 0 atom stereocenters. The van der Waals surface area contributed by atoms with Crippen LogP contribution in [0.5, 0.6) is 5.75 Å². The number of rotatable bonds is 8. The predicted octanol–water partition coefficient (Wildman–Crippen LogP) is 1.51. The minimum atomic E-state index is -2.66. The molecule has 1 amide bonds. The Hall–Kier alpha value is -2.48. The van der Waals surface area contributed by atoms with Crippen LogP contribution in [0, 0.1) is 0 Å². The highest BCUT2D eigenvalue weighted by Crippen LogP contribution is 2.17. The Kier molecular flexibility index (Phi) is 6.04. The molecule has 0 unspecified atom stereocenters. The summed E-state index contributed by atoms with van der Waals surface area (Å²) < 4.78 is 31.5. The number of nitrogens with one attached hydrogen (secondary N) is 1. The molecular formula is C15H17F2N3O3. The van der Waals surface area contributed by atoms with E-state index in [4.69, 9.17) is 9.84 Å². The first kappa shape index (κ1) is 16.9. The maximum Gasteiger partial charge on any atom is 0.320 e. The number of imidazole rings is 1. The van der Waals surface area contributed by atoms with Gasteiger partial charge in [-0.25, -0.2) is 4.98 Å². The molecular weight excluding hydrogens is 308 g/mol. The van der Waals surface area contributed by atoms with E-state index in [0.717, 1.165) is 10.1 Å². The van der Waals surface area contributed by atoms with Crippen molar-refractivity contribution in [3.8, 4) is 5.75 Å². The lowest BCUT2D eigenvalue weighted by Crippen LogP contribution is -2.27. The number of aliphatic hydroxyl groups is 1. The maximum atomic E-state index is 12.7. The van der Waals surface area contributed by atoms with Gasteiger partial charge in [-0.2, -0.15) is 8.78 Å². The fraction of sp³-hybridized carbons (Fsp3) is 0.333. The molecule has 1 heterocycles. The lowest BCUT2D eigenvalue weighted by Gasteiger charge is -2.09. The number of carbonyl (C=O) groups is 1. The van der Waals surface area contributed by atoms with E-state index < -0.39 is 6.55 Å². The summed E-state index contributed by atoms with van der Waals surface area (Å²) in [6.45, 7) is -2.62. The van der Waals surface area contributed by atoms with Gasteiger partial charge in [-0.3, -0.25) is 9.36 Å². The largest absolute Gasteiger partial charge is 0.486 e. The van der Waals surface area contributed by atoms with Crippen molar-refractivity contribution in [1.82, 2.24) is 14.9 Å². The molecule has 0 aliphatic rings. The molecule has 1 aromatic heterocycles. The van der Waals surface area contributed by atoms with Crippen molar-refractivity contribution in [3.63, 3.8) is 0 Å². The number of nitrogens with zero attached hydrogens (tertiary/aromatic N) is 2. The lowest BCUT2D eigenvalue weighted by molar-refractivity contribution is -0.120. The number of benzene rings is 1. The van der Waals surface area contributed by atoms with E-state index >= 15 is 0 Å². The van der Waals surface area contributed by atoms with Crippen LogP contribution in [0.1, 0.15) is 17.9 Å². The highest BCUT2D eigenvalue weighted by molar-refractivity contribution is 5.78. The molecule has 0 fully saturated rings. The Bertz CT molecular complexity index is 629. The van der Waals surface area contributed by atoms with Gasteiger partial charge in [-0.1, -0.05) is 12.1 Å². The minimum absolute atomic E-state index is 0.0757. The van der Waals surface area contributed by atoms with Crippen LogP contribution in [0.3, 0.4) is 0 Å². The lowest BCUT2D eigenvalue weighted by atomic mass is 10.1. The van der Waals surface area contributed by atoms with Crippen LogP contribution in [0.25, 0.3) is 0 Å². The van der Waals surface area contributed by atoms with Gasteiger partial charge in [0.05, 0.1) is 13.0 Å². The second-order valence-corrected chi connectivity index (χ2v) is 4.71. The van der Waals surface area contributed by atoms with Gasteiger partial charge in [0.25, 0.3) is 0 Å². The Morgan fingerprint density at radius 2 is 2.09 bits per heavy atom. The van der Waals surface area contributed by atoms with E-state index in [2.05, 4.69) is 10.3 Å². The van der Waals surface area contributed by atoms with Crippen molar-refractivity contribution in [2.45, 2.75) is 19.6 Å². The van der Waals surface area contributed by atoms with Gasteiger partial charge >= 0.3 is 6.55 Å². The summed E-state index contributed by atoms with van der Waals surface area (Å²) in [5, 5.41) is 11.2. The fourth-order valence-electron chi connectivity index (χ4n) is 1.93. The summed E-state index contributed by atoms with van der Waals surface area (Å²) in [6.07, 6.45) is 2.67. The summed E-state index contributed by atoms with van der Waals surface area (Å²) in [5.74, 6) is 0.437. The highest BCUT2D eigenvalue weighted by atomic mass is 19.3. The second-order valence-electron chi connectivity index (χ2n) is 4.71. The van der Waals surface area contributed by atoms with E-state index in [9.17, 15) is 13.6 Å². The molecule has 0 aliphatic heterocycles. The normalized spacial score (nSPS) is 10.8. The van der Waals surface area contributed by atoms with Crippen LogP contribution >= 0.6 is 0 Å². The number of hydrogen-bond donors (Lipinski definition) is 2. The first-order valence-electron chi connectivity index (χ1n) is 6.99. The first-order valence-corrected chi connectivity index (χ1v) is 6.99. The van der Waals surface area contributed by atoms with Crippen molar-refractivity contribution in [1.29, 1.82) is 0 Å². The zero-order valence-corrected chi connectivity index (χ0v) is 12.3. The number of ether oxygens (including phenoxy) is 1. The number of hydrogen-bond acceptors (Lipinski definition) is 4.